The Hall–Kier alpha value is -2.86. The number of amides is 2. The number of nitrogens with zero attached hydrogens (tertiary/aromatic N) is 1. The topological polar surface area (TPSA) is 76.5 Å². The Morgan fingerprint density at radius 2 is 1.75 bits per heavy atom. The molecule has 0 atom stereocenters. The van der Waals surface area contributed by atoms with Crippen LogP contribution in [0.5, 0.6) is 0 Å². The van der Waals surface area contributed by atoms with Crippen molar-refractivity contribution in [3.05, 3.63) is 81.9 Å². The summed E-state index contributed by atoms with van der Waals surface area (Å²) in [5.74, 6) is 0.0736. The third-order valence-electron chi connectivity index (χ3n) is 3.56. The summed E-state index contributed by atoms with van der Waals surface area (Å²) in [5.41, 5.74) is 6.12. The van der Waals surface area contributed by atoms with Crippen molar-refractivity contribution in [2.24, 2.45) is 5.73 Å². The second-order valence-electron chi connectivity index (χ2n) is 5.26. The van der Waals surface area contributed by atoms with Gasteiger partial charge in [0.2, 0.25) is 5.91 Å². The molecule has 0 aliphatic heterocycles. The number of benzene rings is 1. The van der Waals surface area contributed by atoms with Crippen LogP contribution in [0.3, 0.4) is 0 Å². The molecular weight excluding hydrogens is 324 g/mol. The summed E-state index contributed by atoms with van der Waals surface area (Å²) in [4.78, 5) is 26.8. The van der Waals surface area contributed by atoms with Crippen LogP contribution in [0.25, 0.3) is 0 Å². The maximum atomic E-state index is 12.9. The van der Waals surface area contributed by atoms with Gasteiger partial charge < -0.3 is 15.1 Å². The zero-order chi connectivity index (χ0) is 16.9. The van der Waals surface area contributed by atoms with Gasteiger partial charge in [-0.15, -0.1) is 11.3 Å². The average molecular weight is 340 g/mol. The summed E-state index contributed by atoms with van der Waals surface area (Å²) in [7, 11) is 0. The highest BCUT2D eigenvalue weighted by atomic mass is 32.1. The molecule has 3 rings (SSSR count). The molecule has 5 nitrogen and oxygen atoms in total. The fraction of sp³-hybridized carbons (Fsp3) is 0.111. The quantitative estimate of drug-likeness (QED) is 0.748. The van der Waals surface area contributed by atoms with Crippen LogP contribution in [0.4, 0.5) is 0 Å². The summed E-state index contributed by atoms with van der Waals surface area (Å²) in [6, 6.07) is 13.9. The molecule has 0 unspecified atom stereocenters. The van der Waals surface area contributed by atoms with E-state index < -0.39 is 5.91 Å². The number of rotatable bonds is 6. The third kappa shape index (κ3) is 3.72. The predicted octanol–water partition coefficient (Wildman–Crippen LogP) is 3.28. The van der Waals surface area contributed by atoms with E-state index in [4.69, 9.17) is 10.2 Å². The smallest absolute Gasteiger partial charge is 0.254 e. The van der Waals surface area contributed by atoms with Gasteiger partial charge in [-0.05, 0) is 47.8 Å². The first-order valence-electron chi connectivity index (χ1n) is 7.37. The molecule has 2 amide bonds. The Morgan fingerprint density at radius 3 is 2.33 bits per heavy atom. The zero-order valence-corrected chi connectivity index (χ0v) is 13.7. The molecule has 1 aromatic carbocycles. The molecule has 0 radical (unpaired) electrons. The van der Waals surface area contributed by atoms with Gasteiger partial charge in [-0.25, -0.2) is 0 Å². The van der Waals surface area contributed by atoms with Crippen molar-refractivity contribution >= 4 is 23.2 Å². The van der Waals surface area contributed by atoms with E-state index in [-0.39, 0.29) is 5.91 Å². The second-order valence-corrected chi connectivity index (χ2v) is 6.29. The fourth-order valence-corrected chi connectivity index (χ4v) is 3.06. The molecule has 2 heterocycles. The van der Waals surface area contributed by atoms with E-state index in [2.05, 4.69) is 0 Å². The van der Waals surface area contributed by atoms with Crippen LogP contribution in [0, 0.1) is 0 Å². The molecule has 2 N–H and O–H groups in total. The van der Waals surface area contributed by atoms with E-state index in [0.29, 0.717) is 30.0 Å². The van der Waals surface area contributed by atoms with Gasteiger partial charge in [0.15, 0.2) is 0 Å². The highest BCUT2D eigenvalue weighted by Crippen LogP contribution is 2.18. The summed E-state index contributed by atoms with van der Waals surface area (Å²) >= 11 is 1.60. The van der Waals surface area contributed by atoms with Gasteiger partial charge in [-0.3, -0.25) is 9.59 Å². The van der Waals surface area contributed by atoms with E-state index in [0.717, 1.165) is 4.88 Å². The highest BCUT2D eigenvalue weighted by Gasteiger charge is 2.18. The van der Waals surface area contributed by atoms with Gasteiger partial charge in [-0.1, -0.05) is 6.07 Å². The number of thiophene rings is 1. The minimum atomic E-state index is -0.514. The number of hydrogen-bond acceptors (Lipinski definition) is 4. The van der Waals surface area contributed by atoms with Crippen LogP contribution in [0.2, 0.25) is 0 Å². The van der Waals surface area contributed by atoms with Gasteiger partial charge in [-0.2, -0.15) is 0 Å². The SMILES string of the molecule is NC(=O)c1ccc(C(=O)N(Cc2ccco2)Cc2cccs2)cc1. The van der Waals surface area contributed by atoms with Crippen LogP contribution < -0.4 is 5.73 Å². The molecule has 122 valence electrons. The largest absolute Gasteiger partial charge is 0.467 e. The number of nitrogens with two attached hydrogens (primary N) is 1. The first-order valence-corrected chi connectivity index (χ1v) is 8.25. The van der Waals surface area contributed by atoms with Crippen LogP contribution in [0.15, 0.2) is 64.6 Å². The molecule has 0 aliphatic carbocycles. The van der Waals surface area contributed by atoms with Gasteiger partial charge in [0.1, 0.15) is 5.76 Å². The molecule has 2 aromatic heterocycles. The van der Waals surface area contributed by atoms with Gasteiger partial charge in [0.25, 0.3) is 5.91 Å². The lowest BCUT2D eigenvalue weighted by molar-refractivity contribution is 0.0719. The summed E-state index contributed by atoms with van der Waals surface area (Å²) in [6.07, 6.45) is 1.59. The monoisotopic (exact) mass is 340 g/mol. The lowest BCUT2D eigenvalue weighted by Crippen LogP contribution is -2.29. The Morgan fingerprint density at radius 1 is 1.00 bits per heavy atom. The maximum absolute atomic E-state index is 12.9. The molecule has 0 bridgehead atoms. The van der Waals surface area contributed by atoms with Crippen molar-refractivity contribution in [2.45, 2.75) is 13.1 Å². The van der Waals surface area contributed by atoms with E-state index in [1.54, 1.807) is 52.8 Å². The lowest BCUT2D eigenvalue weighted by Gasteiger charge is -2.21. The van der Waals surface area contributed by atoms with E-state index in [9.17, 15) is 9.59 Å². The maximum Gasteiger partial charge on any atom is 0.254 e. The van der Waals surface area contributed by atoms with Crippen molar-refractivity contribution in [1.82, 2.24) is 4.90 Å². The molecule has 6 heteroatoms. The Labute approximate surface area is 143 Å². The number of primary amides is 1. The Kier molecular flexibility index (Phi) is 4.77. The van der Waals surface area contributed by atoms with Gasteiger partial charge >= 0.3 is 0 Å². The molecule has 0 fully saturated rings. The predicted molar refractivity (Wildman–Crippen MR) is 91.6 cm³/mol. The number of carbonyl (C=O) groups is 2. The van der Waals surface area contributed by atoms with Crippen molar-refractivity contribution in [3.63, 3.8) is 0 Å². The molecule has 0 spiro atoms. The Balaban J connectivity index is 1.82. The van der Waals surface area contributed by atoms with E-state index in [1.807, 2.05) is 23.6 Å². The minimum absolute atomic E-state index is 0.129. The van der Waals surface area contributed by atoms with Crippen LogP contribution in [-0.2, 0) is 13.1 Å². The van der Waals surface area contributed by atoms with Crippen LogP contribution in [-0.4, -0.2) is 16.7 Å². The number of furan rings is 1. The summed E-state index contributed by atoms with van der Waals surface area (Å²) in [5, 5.41) is 1.98. The van der Waals surface area contributed by atoms with E-state index >= 15 is 0 Å². The van der Waals surface area contributed by atoms with Crippen molar-refractivity contribution < 1.29 is 14.0 Å². The standard InChI is InChI=1S/C18H16N2O3S/c19-17(21)13-5-7-14(8-6-13)18(22)20(11-15-3-1-9-23-15)12-16-4-2-10-24-16/h1-10H,11-12H2,(H2,19,21). The Bertz CT molecular complexity index is 772. The highest BCUT2D eigenvalue weighted by molar-refractivity contribution is 7.09. The third-order valence-corrected chi connectivity index (χ3v) is 4.42. The molecule has 0 aliphatic rings. The molecule has 0 saturated carbocycles. The van der Waals surface area contributed by atoms with Gasteiger partial charge in [0, 0.05) is 16.0 Å². The number of carbonyl (C=O) groups excluding carboxylic acids is 2. The molecule has 3 aromatic rings. The number of hydrogen-bond donors (Lipinski definition) is 1. The van der Waals surface area contributed by atoms with Gasteiger partial charge in [0.05, 0.1) is 19.4 Å². The molecule has 0 saturated heterocycles. The van der Waals surface area contributed by atoms with Crippen molar-refractivity contribution in [2.75, 3.05) is 0 Å². The molecular formula is C18H16N2O3S. The lowest BCUT2D eigenvalue weighted by atomic mass is 10.1. The summed E-state index contributed by atoms with van der Waals surface area (Å²) in [6.45, 7) is 0.871. The van der Waals surface area contributed by atoms with Crippen molar-refractivity contribution in [3.8, 4) is 0 Å². The van der Waals surface area contributed by atoms with Crippen LogP contribution in [0.1, 0.15) is 31.4 Å². The second kappa shape index (κ2) is 7.14. The average Bonchev–Trinajstić information content (AvgIpc) is 3.27. The first kappa shape index (κ1) is 16.0. The van der Waals surface area contributed by atoms with E-state index in [1.165, 1.54) is 0 Å². The molecule has 24 heavy (non-hydrogen) atoms. The fourth-order valence-electron chi connectivity index (χ4n) is 2.34. The van der Waals surface area contributed by atoms with Crippen molar-refractivity contribution in [1.29, 1.82) is 0 Å². The van der Waals surface area contributed by atoms with Crippen LogP contribution >= 0.6 is 11.3 Å². The summed E-state index contributed by atoms with van der Waals surface area (Å²) < 4.78 is 5.37. The zero-order valence-electron chi connectivity index (χ0n) is 12.8. The minimum Gasteiger partial charge on any atom is -0.467 e. The normalized spacial score (nSPS) is 10.5. The first-order chi connectivity index (χ1) is 11.6.